The van der Waals surface area contributed by atoms with Crippen molar-refractivity contribution in [1.29, 1.82) is 0 Å². The average Bonchev–Trinajstić information content (AvgIpc) is 3.19. The molecule has 3 rings (SSSR count). The molecule has 1 heterocycles. The van der Waals surface area contributed by atoms with Gasteiger partial charge in [-0.3, -0.25) is 14.9 Å². The quantitative estimate of drug-likeness (QED) is 0.380. The Bertz CT molecular complexity index is 1060. The number of halogens is 1. The van der Waals surface area contributed by atoms with Gasteiger partial charge < -0.3 is 14.8 Å². The molecule has 2 N–H and O–H groups in total. The number of nitrogens with one attached hydrogen (secondary N) is 2. The van der Waals surface area contributed by atoms with Crippen molar-refractivity contribution in [3.8, 4) is 11.5 Å². The first-order valence-corrected chi connectivity index (χ1v) is 10.7. The molecule has 0 bridgehead atoms. The maximum Gasteiger partial charge on any atom is 0.261 e. The SMILES string of the molecule is COc1ccc(C(=O)Nc2nnc(SCC(=O)Nc3cccc(Cl)c3)s2)c(OC)c1. The molecule has 0 atom stereocenters. The largest absolute Gasteiger partial charge is 0.497 e. The first kappa shape index (κ1) is 21.9. The van der Waals surface area contributed by atoms with E-state index in [2.05, 4.69) is 20.8 Å². The van der Waals surface area contributed by atoms with Crippen molar-refractivity contribution in [2.45, 2.75) is 4.34 Å². The Morgan fingerprint density at radius 2 is 1.93 bits per heavy atom. The average molecular weight is 465 g/mol. The van der Waals surface area contributed by atoms with Gasteiger partial charge in [-0.25, -0.2) is 0 Å². The van der Waals surface area contributed by atoms with E-state index in [4.69, 9.17) is 21.1 Å². The number of hydrogen-bond acceptors (Lipinski definition) is 8. The molecule has 0 aliphatic carbocycles. The highest BCUT2D eigenvalue weighted by Crippen LogP contribution is 2.28. The molecule has 2 aromatic carbocycles. The third kappa shape index (κ3) is 5.85. The van der Waals surface area contributed by atoms with E-state index in [1.165, 1.54) is 37.3 Å². The second kappa shape index (κ2) is 10.3. The van der Waals surface area contributed by atoms with Gasteiger partial charge >= 0.3 is 0 Å². The predicted molar refractivity (Wildman–Crippen MR) is 118 cm³/mol. The summed E-state index contributed by atoms with van der Waals surface area (Å²) in [6, 6.07) is 11.8. The topological polar surface area (TPSA) is 102 Å². The van der Waals surface area contributed by atoms with Gasteiger partial charge in [0.2, 0.25) is 11.0 Å². The third-order valence-electron chi connectivity index (χ3n) is 3.72. The van der Waals surface area contributed by atoms with Gasteiger partial charge in [0.25, 0.3) is 5.91 Å². The number of anilines is 2. The zero-order valence-electron chi connectivity index (χ0n) is 16.0. The van der Waals surface area contributed by atoms with Gasteiger partial charge in [-0.2, -0.15) is 0 Å². The summed E-state index contributed by atoms with van der Waals surface area (Å²) in [4.78, 5) is 24.6. The number of hydrogen-bond donors (Lipinski definition) is 2. The molecule has 2 amide bonds. The maximum absolute atomic E-state index is 12.5. The predicted octanol–water partition coefficient (Wildman–Crippen LogP) is 4.19. The van der Waals surface area contributed by atoms with Crippen molar-refractivity contribution in [1.82, 2.24) is 10.2 Å². The van der Waals surface area contributed by atoms with Gasteiger partial charge in [0.15, 0.2) is 4.34 Å². The molecule has 0 aliphatic heterocycles. The fourth-order valence-corrected chi connectivity index (χ4v) is 4.10. The van der Waals surface area contributed by atoms with Crippen LogP contribution < -0.4 is 20.1 Å². The molecule has 0 radical (unpaired) electrons. The zero-order chi connectivity index (χ0) is 21.5. The van der Waals surface area contributed by atoms with Crippen LogP contribution in [0.3, 0.4) is 0 Å². The van der Waals surface area contributed by atoms with Crippen LogP contribution in [0.4, 0.5) is 10.8 Å². The number of methoxy groups -OCH3 is 2. The minimum absolute atomic E-state index is 0.140. The summed E-state index contributed by atoms with van der Waals surface area (Å²) in [7, 11) is 3.00. The molecule has 0 aliphatic rings. The fourth-order valence-electron chi connectivity index (χ4n) is 2.36. The first-order valence-electron chi connectivity index (χ1n) is 8.53. The summed E-state index contributed by atoms with van der Waals surface area (Å²) in [5.74, 6) is 0.506. The van der Waals surface area contributed by atoms with Gasteiger partial charge in [-0.05, 0) is 30.3 Å². The lowest BCUT2D eigenvalue weighted by Gasteiger charge is -2.09. The van der Waals surface area contributed by atoms with Crippen molar-refractivity contribution in [3.63, 3.8) is 0 Å². The lowest BCUT2D eigenvalue weighted by Crippen LogP contribution is -2.13. The second-order valence-electron chi connectivity index (χ2n) is 5.74. The molecule has 0 spiro atoms. The van der Waals surface area contributed by atoms with Crippen molar-refractivity contribution >= 4 is 57.3 Å². The van der Waals surface area contributed by atoms with E-state index in [0.29, 0.717) is 37.2 Å². The van der Waals surface area contributed by atoms with Crippen LogP contribution in [0.5, 0.6) is 11.5 Å². The zero-order valence-corrected chi connectivity index (χ0v) is 18.4. The van der Waals surface area contributed by atoms with Gasteiger partial charge in [-0.1, -0.05) is 40.8 Å². The minimum atomic E-state index is -0.388. The standard InChI is InChI=1S/C19H17ClN4O4S2/c1-27-13-6-7-14(15(9-13)28-2)17(26)22-18-23-24-19(30-18)29-10-16(25)21-12-5-3-4-11(20)8-12/h3-9H,10H2,1-2H3,(H,21,25)(H,22,23,26). The molecule has 0 unspecified atom stereocenters. The normalized spacial score (nSPS) is 10.4. The fraction of sp³-hybridized carbons (Fsp3) is 0.158. The minimum Gasteiger partial charge on any atom is -0.497 e. The van der Waals surface area contributed by atoms with Crippen LogP contribution in [0, 0.1) is 0 Å². The van der Waals surface area contributed by atoms with Crippen LogP contribution in [0.2, 0.25) is 5.02 Å². The molecule has 8 nitrogen and oxygen atoms in total. The third-order valence-corrected chi connectivity index (χ3v) is 5.92. The Hall–Kier alpha value is -2.82. The summed E-state index contributed by atoms with van der Waals surface area (Å²) in [5.41, 5.74) is 0.954. The molecule has 3 aromatic rings. The van der Waals surface area contributed by atoms with Crippen LogP contribution in [-0.2, 0) is 4.79 Å². The number of thioether (sulfide) groups is 1. The molecule has 0 saturated carbocycles. The second-order valence-corrected chi connectivity index (χ2v) is 8.38. The van der Waals surface area contributed by atoms with E-state index >= 15 is 0 Å². The summed E-state index contributed by atoms with van der Waals surface area (Å²) >= 11 is 8.29. The Morgan fingerprint density at radius 3 is 2.67 bits per heavy atom. The summed E-state index contributed by atoms with van der Waals surface area (Å²) < 4.78 is 10.9. The molecular formula is C19H17ClN4O4S2. The lowest BCUT2D eigenvalue weighted by atomic mass is 10.2. The van der Waals surface area contributed by atoms with Crippen LogP contribution in [0.1, 0.15) is 10.4 Å². The number of ether oxygens (including phenoxy) is 2. The Labute approximate surface area is 185 Å². The van der Waals surface area contributed by atoms with Gasteiger partial charge in [0.1, 0.15) is 11.5 Å². The van der Waals surface area contributed by atoms with Crippen molar-refractivity contribution in [2.24, 2.45) is 0 Å². The van der Waals surface area contributed by atoms with Gasteiger partial charge in [0, 0.05) is 16.8 Å². The first-order chi connectivity index (χ1) is 14.5. The van der Waals surface area contributed by atoms with E-state index < -0.39 is 0 Å². The smallest absolute Gasteiger partial charge is 0.261 e. The lowest BCUT2D eigenvalue weighted by molar-refractivity contribution is -0.113. The number of rotatable bonds is 8. The van der Waals surface area contributed by atoms with Crippen molar-refractivity contribution in [2.75, 3.05) is 30.6 Å². The number of aromatic nitrogens is 2. The Morgan fingerprint density at radius 1 is 1.10 bits per heavy atom. The van der Waals surface area contributed by atoms with E-state index in [1.807, 2.05) is 0 Å². The highest BCUT2D eigenvalue weighted by molar-refractivity contribution is 8.01. The molecule has 1 aromatic heterocycles. The van der Waals surface area contributed by atoms with Crippen LogP contribution >= 0.6 is 34.7 Å². The number of nitrogens with zero attached hydrogens (tertiary/aromatic N) is 2. The number of carbonyl (C=O) groups excluding carboxylic acids is 2. The summed E-state index contributed by atoms with van der Waals surface area (Å²) in [6.45, 7) is 0. The van der Waals surface area contributed by atoms with Crippen LogP contribution in [-0.4, -0.2) is 42.0 Å². The maximum atomic E-state index is 12.5. The van der Waals surface area contributed by atoms with Gasteiger partial charge in [-0.15, -0.1) is 10.2 Å². The van der Waals surface area contributed by atoms with Crippen LogP contribution in [0.25, 0.3) is 0 Å². The highest BCUT2D eigenvalue weighted by atomic mass is 35.5. The summed E-state index contributed by atoms with van der Waals surface area (Å²) in [6.07, 6.45) is 0. The van der Waals surface area contributed by atoms with E-state index in [1.54, 1.807) is 42.5 Å². The number of amides is 2. The van der Waals surface area contributed by atoms with Gasteiger partial charge in [0.05, 0.1) is 25.5 Å². The molecule has 0 fully saturated rings. The Balaban J connectivity index is 1.56. The molecule has 30 heavy (non-hydrogen) atoms. The number of benzene rings is 2. The van der Waals surface area contributed by atoms with E-state index in [0.717, 1.165) is 0 Å². The number of carbonyl (C=O) groups is 2. The molecule has 0 saturated heterocycles. The molecule has 156 valence electrons. The van der Waals surface area contributed by atoms with Crippen LogP contribution in [0.15, 0.2) is 46.8 Å². The van der Waals surface area contributed by atoms with E-state index in [-0.39, 0.29) is 17.6 Å². The summed E-state index contributed by atoms with van der Waals surface area (Å²) in [5, 5.41) is 14.2. The van der Waals surface area contributed by atoms with Crippen molar-refractivity contribution in [3.05, 3.63) is 53.1 Å². The highest BCUT2D eigenvalue weighted by Gasteiger charge is 2.16. The Kier molecular flexibility index (Phi) is 7.50. The van der Waals surface area contributed by atoms with Crippen molar-refractivity contribution < 1.29 is 19.1 Å². The van der Waals surface area contributed by atoms with E-state index in [9.17, 15) is 9.59 Å². The monoisotopic (exact) mass is 464 g/mol. The molecule has 11 heteroatoms. The molecular weight excluding hydrogens is 448 g/mol.